The summed E-state index contributed by atoms with van der Waals surface area (Å²) in [6, 6.07) is 4.21. The van der Waals surface area contributed by atoms with Gasteiger partial charge in [0.2, 0.25) is 0 Å². The van der Waals surface area contributed by atoms with Crippen molar-refractivity contribution >= 4 is 29.9 Å². The molecular formula is C15H27IN4. The molecule has 1 aliphatic rings. The fourth-order valence-corrected chi connectivity index (χ4v) is 2.68. The van der Waals surface area contributed by atoms with Crippen molar-refractivity contribution in [2.75, 3.05) is 20.1 Å². The number of nitrogens with one attached hydrogen (secondary N) is 1. The van der Waals surface area contributed by atoms with Crippen LogP contribution in [0.25, 0.3) is 0 Å². The number of aromatic nitrogens is 1. The molecule has 0 radical (unpaired) electrons. The fourth-order valence-electron chi connectivity index (χ4n) is 2.68. The Morgan fingerprint density at radius 2 is 2.25 bits per heavy atom. The summed E-state index contributed by atoms with van der Waals surface area (Å²) in [4.78, 5) is 6.80. The molecule has 0 aliphatic carbocycles. The maximum absolute atomic E-state index is 4.42. The van der Waals surface area contributed by atoms with Crippen molar-refractivity contribution in [3.63, 3.8) is 0 Å². The van der Waals surface area contributed by atoms with Gasteiger partial charge in [0.05, 0.1) is 6.54 Å². The van der Waals surface area contributed by atoms with Crippen LogP contribution in [0.5, 0.6) is 0 Å². The van der Waals surface area contributed by atoms with Crippen LogP contribution in [-0.4, -0.2) is 35.6 Å². The number of likely N-dealkylation sites (tertiary alicyclic amines) is 1. The van der Waals surface area contributed by atoms with E-state index in [4.69, 9.17) is 0 Å². The van der Waals surface area contributed by atoms with E-state index in [-0.39, 0.29) is 24.0 Å². The largest absolute Gasteiger partial charge is 0.353 e. The number of aryl methyl sites for hydroxylation is 1. The van der Waals surface area contributed by atoms with Crippen molar-refractivity contribution < 1.29 is 0 Å². The van der Waals surface area contributed by atoms with Crippen LogP contribution in [0, 0.1) is 5.41 Å². The van der Waals surface area contributed by atoms with Crippen molar-refractivity contribution in [2.45, 2.75) is 33.2 Å². The number of nitrogens with zero attached hydrogens (tertiary/aromatic N) is 3. The number of hydrogen-bond acceptors (Lipinski definition) is 1. The molecule has 20 heavy (non-hydrogen) atoms. The zero-order chi connectivity index (χ0) is 13.9. The number of guanidine groups is 1. The first-order valence-electron chi connectivity index (χ1n) is 7.14. The monoisotopic (exact) mass is 390 g/mol. The second-order valence-corrected chi connectivity index (χ2v) is 5.85. The van der Waals surface area contributed by atoms with E-state index in [2.05, 4.69) is 59.0 Å². The van der Waals surface area contributed by atoms with Crippen molar-refractivity contribution in [3.8, 4) is 0 Å². The Hall–Kier alpha value is -0.720. The van der Waals surface area contributed by atoms with E-state index in [9.17, 15) is 0 Å². The van der Waals surface area contributed by atoms with Gasteiger partial charge in [-0.05, 0) is 30.4 Å². The van der Waals surface area contributed by atoms with E-state index < -0.39 is 0 Å². The summed E-state index contributed by atoms with van der Waals surface area (Å²) in [5.41, 5.74) is 1.72. The average molecular weight is 390 g/mol. The van der Waals surface area contributed by atoms with E-state index in [1.807, 2.05) is 7.05 Å². The molecule has 1 atom stereocenters. The highest BCUT2D eigenvalue weighted by Crippen LogP contribution is 2.32. The van der Waals surface area contributed by atoms with Crippen LogP contribution in [0.1, 0.15) is 32.4 Å². The standard InChI is InChI=1S/C15H26N4.HI/c1-5-15(2)8-10-19(12-15)14(16-3)17-11-13-7-6-9-18(13)4;/h6-7,9H,5,8,10-12H2,1-4H3,(H,16,17);1H. The molecule has 5 heteroatoms. The van der Waals surface area contributed by atoms with Gasteiger partial charge in [0.15, 0.2) is 5.96 Å². The Morgan fingerprint density at radius 1 is 1.50 bits per heavy atom. The summed E-state index contributed by atoms with van der Waals surface area (Å²) < 4.78 is 2.14. The van der Waals surface area contributed by atoms with Crippen LogP contribution in [0.15, 0.2) is 23.3 Å². The van der Waals surface area contributed by atoms with Gasteiger partial charge in [-0.3, -0.25) is 4.99 Å². The van der Waals surface area contributed by atoms with Crippen molar-refractivity contribution in [2.24, 2.45) is 17.5 Å². The quantitative estimate of drug-likeness (QED) is 0.489. The minimum atomic E-state index is 0. The summed E-state index contributed by atoms with van der Waals surface area (Å²) in [7, 11) is 3.94. The predicted molar refractivity (Wildman–Crippen MR) is 95.6 cm³/mol. The SMILES string of the molecule is CCC1(C)CCN(C(=NC)NCc2cccn2C)C1.I. The molecule has 1 unspecified atom stereocenters. The van der Waals surface area contributed by atoms with E-state index in [0.29, 0.717) is 5.41 Å². The first kappa shape index (κ1) is 17.3. The van der Waals surface area contributed by atoms with Gasteiger partial charge in [-0.15, -0.1) is 24.0 Å². The summed E-state index contributed by atoms with van der Waals surface area (Å²) in [5.74, 6) is 1.03. The zero-order valence-corrected chi connectivity index (χ0v) is 15.3. The molecule has 4 nitrogen and oxygen atoms in total. The average Bonchev–Trinajstić information content (AvgIpc) is 2.98. The fraction of sp³-hybridized carbons (Fsp3) is 0.667. The number of hydrogen-bond donors (Lipinski definition) is 1. The first-order valence-corrected chi connectivity index (χ1v) is 7.14. The maximum atomic E-state index is 4.42. The molecule has 2 rings (SSSR count). The third-order valence-electron chi connectivity index (χ3n) is 4.40. The van der Waals surface area contributed by atoms with Crippen LogP contribution >= 0.6 is 24.0 Å². The molecule has 0 amide bonds. The van der Waals surface area contributed by atoms with Gasteiger partial charge in [0.1, 0.15) is 0 Å². The molecule has 1 aliphatic heterocycles. The Bertz CT molecular complexity index is 454. The zero-order valence-electron chi connectivity index (χ0n) is 13.0. The Morgan fingerprint density at radius 3 is 2.75 bits per heavy atom. The molecule has 2 heterocycles. The number of rotatable bonds is 3. The van der Waals surface area contributed by atoms with E-state index in [1.165, 1.54) is 18.5 Å². The van der Waals surface area contributed by atoms with E-state index in [0.717, 1.165) is 25.6 Å². The van der Waals surface area contributed by atoms with Crippen LogP contribution in [0.2, 0.25) is 0 Å². The normalized spacial score (nSPS) is 22.8. The van der Waals surface area contributed by atoms with Gasteiger partial charge in [-0.2, -0.15) is 0 Å². The minimum absolute atomic E-state index is 0. The molecule has 1 saturated heterocycles. The van der Waals surface area contributed by atoms with E-state index in [1.54, 1.807) is 0 Å². The summed E-state index contributed by atoms with van der Waals surface area (Å²) in [5, 5.41) is 3.47. The lowest BCUT2D eigenvalue weighted by Gasteiger charge is -2.25. The summed E-state index contributed by atoms with van der Waals surface area (Å²) in [6.45, 7) is 7.70. The highest BCUT2D eigenvalue weighted by molar-refractivity contribution is 14.0. The second-order valence-electron chi connectivity index (χ2n) is 5.85. The number of aliphatic imine (C=N–C) groups is 1. The van der Waals surface area contributed by atoms with Crippen LogP contribution in [-0.2, 0) is 13.6 Å². The lowest BCUT2D eigenvalue weighted by Crippen LogP contribution is -2.40. The Labute approximate surface area is 139 Å². The molecule has 1 aromatic heterocycles. The maximum Gasteiger partial charge on any atom is 0.193 e. The highest BCUT2D eigenvalue weighted by Gasteiger charge is 2.33. The molecular weight excluding hydrogens is 363 g/mol. The van der Waals surface area contributed by atoms with Crippen LogP contribution in [0.3, 0.4) is 0 Å². The minimum Gasteiger partial charge on any atom is -0.353 e. The van der Waals surface area contributed by atoms with E-state index >= 15 is 0 Å². The third kappa shape index (κ3) is 3.90. The third-order valence-corrected chi connectivity index (χ3v) is 4.40. The van der Waals surface area contributed by atoms with Crippen LogP contribution in [0.4, 0.5) is 0 Å². The second kappa shape index (κ2) is 7.33. The van der Waals surface area contributed by atoms with Crippen molar-refractivity contribution in [1.29, 1.82) is 0 Å². The van der Waals surface area contributed by atoms with Gasteiger partial charge >= 0.3 is 0 Å². The highest BCUT2D eigenvalue weighted by atomic mass is 127. The molecule has 0 aromatic carbocycles. The molecule has 114 valence electrons. The lowest BCUT2D eigenvalue weighted by atomic mass is 9.87. The smallest absolute Gasteiger partial charge is 0.193 e. The van der Waals surface area contributed by atoms with Crippen molar-refractivity contribution in [1.82, 2.24) is 14.8 Å². The Kier molecular flexibility index (Phi) is 6.36. The van der Waals surface area contributed by atoms with Gasteiger partial charge < -0.3 is 14.8 Å². The topological polar surface area (TPSA) is 32.6 Å². The van der Waals surface area contributed by atoms with Crippen molar-refractivity contribution in [3.05, 3.63) is 24.0 Å². The summed E-state index contributed by atoms with van der Waals surface area (Å²) in [6.07, 6.45) is 4.57. The number of halogens is 1. The van der Waals surface area contributed by atoms with Gasteiger partial charge in [0.25, 0.3) is 0 Å². The molecule has 0 spiro atoms. The Balaban J connectivity index is 0.00000200. The van der Waals surface area contributed by atoms with Crippen LogP contribution < -0.4 is 5.32 Å². The summed E-state index contributed by atoms with van der Waals surface area (Å²) >= 11 is 0. The first-order chi connectivity index (χ1) is 9.08. The van der Waals surface area contributed by atoms with Gasteiger partial charge in [-0.25, -0.2) is 0 Å². The molecule has 1 fully saturated rings. The molecule has 0 bridgehead atoms. The molecule has 1 N–H and O–H groups in total. The van der Waals surface area contributed by atoms with Gasteiger partial charge in [0, 0.05) is 39.1 Å². The predicted octanol–water partition coefficient (Wildman–Crippen LogP) is 2.84. The molecule has 1 aromatic rings. The lowest BCUT2D eigenvalue weighted by molar-refractivity contribution is 0.322. The molecule has 0 saturated carbocycles. The van der Waals surface area contributed by atoms with Gasteiger partial charge in [-0.1, -0.05) is 13.8 Å².